The number of hydrogen-bond donors (Lipinski definition) is 0. The van der Waals surface area contributed by atoms with Gasteiger partial charge in [0.05, 0.1) is 6.61 Å². The Morgan fingerprint density at radius 2 is 1.17 bits per heavy atom. The minimum atomic E-state index is -1.63. The summed E-state index contributed by atoms with van der Waals surface area (Å²) in [5.74, 6) is 1.07. The molecule has 0 aliphatic heterocycles. The molecule has 0 saturated heterocycles. The van der Waals surface area contributed by atoms with Crippen LogP contribution in [0.5, 0.6) is 5.75 Å². The maximum atomic E-state index is 6.62. The Morgan fingerprint density at radius 1 is 0.696 bits per heavy atom. The van der Waals surface area contributed by atoms with Crippen molar-refractivity contribution < 1.29 is 8.85 Å². The van der Waals surface area contributed by atoms with E-state index in [-0.39, 0.29) is 0 Å². The minimum absolute atomic E-state index is 0.708. The summed E-state index contributed by atoms with van der Waals surface area (Å²) < 4.78 is 13.1. The van der Waals surface area contributed by atoms with Crippen molar-refractivity contribution in [3.8, 4) is 5.75 Å². The van der Waals surface area contributed by atoms with Gasteiger partial charge in [0.1, 0.15) is 5.75 Å². The highest BCUT2D eigenvalue weighted by Crippen LogP contribution is 2.30. The summed E-state index contributed by atoms with van der Waals surface area (Å²) in [6.45, 7) is 14.4. The maximum Gasteiger partial charge on any atom is 0.250 e. The lowest BCUT2D eigenvalue weighted by molar-refractivity contribution is 0.283. The van der Waals surface area contributed by atoms with E-state index < -0.39 is 16.6 Å². The zero-order valence-corrected chi connectivity index (χ0v) is 18.1. The number of rotatable bonds is 11. The Balaban J connectivity index is 2.93. The molecule has 0 fully saturated rings. The first-order valence-electron chi connectivity index (χ1n) is 9.45. The fourth-order valence-corrected chi connectivity index (χ4v) is 8.38. The van der Waals surface area contributed by atoms with Crippen LogP contribution < -0.4 is 4.43 Å². The second-order valence-electron chi connectivity index (χ2n) is 6.49. The third-order valence-corrected chi connectivity index (χ3v) is 14.8. The predicted molar refractivity (Wildman–Crippen MR) is 106 cm³/mol. The van der Waals surface area contributed by atoms with E-state index in [0.29, 0.717) is 6.61 Å². The molecule has 132 valence electrons. The molecule has 0 N–H and O–H groups in total. The molecule has 0 bridgehead atoms. The first kappa shape index (κ1) is 20.5. The first-order valence-corrected chi connectivity index (χ1v) is 14.5. The molecule has 0 unspecified atom stereocenters. The van der Waals surface area contributed by atoms with Gasteiger partial charge in [-0.2, -0.15) is 0 Å². The van der Waals surface area contributed by atoms with E-state index in [0.717, 1.165) is 5.75 Å². The topological polar surface area (TPSA) is 18.5 Å². The molecule has 0 amide bonds. The van der Waals surface area contributed by atoms with E-state index in [9.17, 15) is 0 Å². The highest BCUT2D eigenvalue weighted by molar-refractivity contribution is 6.74. The smallest absolute Gasteiger partial charge is 0.250 e. The summed E-state index contributed by atoms with van der Waals surface area (Å²) in [5, 5.41) is 0. The second-order valence-corrected chi connectivity index (χ2v) is 16.0. The lowest BCUT2D eigenvalue weighted by Crippen LogP contribution is -2.40. The van der Waals surface area contributed by atoms with E-state index in [2.05, 4.69) is 65.8 Å². The van der Waals surface area contributed by atoms with Crippen LogP contribution >= 0.6 is 0 Å². The molecule has 0 aliphatic carbocycles. The quantitative estimate of drug-likeness (QED) is 0.418. The summed E-state index contributed by atoms with van der Waals surface area (Å²) in [6.07, 6.45) is 0. The van der Waals surface area contributed by atoms with Crippen molar-refractivity contribution in [1.29, 1.82) is 0 Å². The molecule has 1 aromatic carbocycles. The van der Waals surface area contributed by atoms with Crippen LogP contribution in [0.3, 0.4) is 0 Å². The lowest BCUT2D eigenvalue weighted by Gasteiger charge is -2.31. The Labute approximate surface area is 145 Å². The SMILES string of the molecule is CC[Si](CC)(CC)OCc1ccccc1O[Si](CC)(CC)CC. The van der Waals surface area contributed by atoms with Gasteiger partial charge in [0.2, 0.25) is 8.32 Å². The van der Waals surface area contributed by atoms with Gasteiger partial charge < -0.3 is 8.85 Å². The van der Waals surface area contributed by atoms with Crippen LogP contribution in [0, 0.1) is 0 Å². The van der Waals surface area contributed by atoms with Crippen molar-refractivity contribution in [3.05, 3.63) is 29.8 Å². The Hall–Kier alpha value is -0.586. The molecule has 0 aliphatic rings. The van der Waals surface area contributed by atoms with Crippen LogP contribution in [-0.2, 0) is 11.0 Å². The van der Waals surface area contributed by atoms with E-state index in [1.807, 2.05) is 0 Å². The first-order chi connectivity index (χ1) is 11.0. The molecule has 0 spiro atoms. The van der Waals surface area contributed by atoms with Gasteiger partial charge in [-0.3, -0.25) is 0 Å². The summed E-state index contributed by atoms with van der Waals surface area (Å²) in [7, 11) is -3.18. The van der Waals surface area contributed by atoms with Gasteiger partial charge in [-0.25, -0.2) is 0 Å². The third kappa shape index (κ3) is 5.20. The Morgan fingerprint density at radius 3 is 1.65 bits per heavy atom. The van der Waals surface area contributed by atoms with Crippen LogP contribution in [0.25, 0.3) is 0 Å². The van der Waals surface area contributed by atoms with Crippen LogP contribution in [0.1, 0.15) is 47.1 Å². The van der Waals surface area contributed by atoms with Crippen molar-refractivity contribution in [3.63, 3.8) is 0 Å². The van der Waals surface area contributed by atoms with Crippen LogP contribution in [0.15, 0.2) is 24.3 Å². The highest BCUT2D eigenvalue weighted by atomic mass is 28.4. The molecule has 4 heteroatoms. The van der Waals surface area contributed by atoms with E-state index in [1.54, 1.807) is 0 Å². The maximum absolute atomic E-state index is 6.62. The van der Waals surface area contributed by atoms with Gasteiger partial charge in [-0.05, 0) is 42.3 Å². The van der Waals surface area contributed by atoms with Gasteiger partial charge in [0.25, 0.3) is 0 Å². The molecule has 0 aromatic heterocycles. The molecule has 0 heterocycles. The lowest BCUT2D eigenvalue weighted by atomic mass is 10.2. The average Bonchev–Trinajstić information content (AvgIpc) is 2.62. The van der Waals surface area contributed by atoms with Crippen molar-refractivity contribution in [2.45, 2.75) is 84.4 Å². The monoisotopic (exact) mass is 352 g/mol. The number of benzene rings is 1. The highest BCUT2D eigenvalue weighted by Gasteiger charge is 2.32. The fraction of sp³-hybridized carbons (Fsp3) is 0.684. The molecule has 0 atom stereocenters. The molecular formula is C19H36O2Si2. The minimum Gasteiger partial charge on any atom is -0.543 e. The van der Waals surface area contributed by atoms with Gasteiger partial charge >= 0.3 is 0 Å². The normalized spacial score (nSPS) is 12.4. The zero-order chi connectivity index (χ0) is 17.3. The number of para-hydroxylation sites is 1. The summed E-state index contributed by atoms with van der Waals surface area (Å²) in [6, 6.07) is 15.6. The van der Waals surface area contributed by atoms with Gasteiger partial charge in [-0.1, -0.05) is 59.7 Å². The molecule has 1 rings (SSSR count). The van der Waals surface area contributed by atoms with Crippen molar-refractivity contribution in [2.75, 3.05) is 0 Å². The molecule has 0 radical (unpaired) electrons. The summed E-state index contributed by atoms with van der Waals surface area (Å²) >= 11 is 0. The molecular weight excluding hydrogens is 316 g/mol. The van der Waals surface area contributed by atoms with Crippen molar-refractivity contribution in [2.24, 2.45) is 0 Å². The molecule has 2 nitrogen and oxygen atoms in total. The van der Waals surface area contributed by atoms with E-state index >= 15 is 0 Å². The van der Waals surface area contributed by atoms with Crippen LogP contribution in [0.2, 0.25) is 36.3 Å². The van der Waals surface area contributed by atoms with E-state index in [1.165, 1.54) is 41.8 Å². The van der Waals surface area contributed by atoms with Gasteiger partial charge in [-0.15, -0.1) is 0 Å². The van der Waals surface area contributed by atoms with Gasteiger partial charge in [0, 0.05) is 5.56 Å². The third-order valence-electron chi connectivity index (χ3n) is 5.70. The zero-order valence-electron chi connectivity index (χ0n) is 16.1. The standard InChI is InChI=1S/C19H36O2Si2/c1-7-22(8-2,9-3)20-17-18-15-13-14-16-19(18)21-23(10-4,11-5)12-6/h13-16H,7-12,17H2,1-6H3. The van der Waals surface area contributed by atoms with Crippen molar-refractivity contribution >= 4 is 16.6 Å². The van der Waals surface area contributed by atoms with Crippen LogP contribution in [0.4, 0.5) is 0 Å². The summed E-state index contributed by atoms with van der Waals surface area (Å²) in [4.78, 5) is 0. The molecule has 1 aromatic rings. The van der Waals surface area contributed by atoms with Crippen LogP contribution in [-0.4, -0.2) is 16.6 Å². The largest absolute Gasteiger partial charge is 0.543 e. The molecule has 0 saturated carbocycles. The number of hydrogen-bond acceptors (Lipinski definition) is 2. The Kier molecular flexibility index (Phi) is 8.58. The fourth-order valence-electron chi connectivity index (χ4n) is 3.21. The summed E-state index contributed by atoms with van der Waals surface area (Å²) in [5.41, 5.74) is 1.23. The Bertz CT molecular complexity index is 438. The second kappa shape index (κ2) is 9.65. The van der Waals surface area contributed by atoms with Crippen molar-refractivity contribution in [1.82, 2.24) is 0 Å². The predicted octanol–water partition coefficient (Wildman–Crippen LogP) is 6.59. The van der Waals surface area contributed by atoms with Gasteiger partial charge in [0.15, 0.2) is 8.32 Å². The average molecular weight is 353 g/mol. The van der Waals surface area contributed by atoms with E-state index in [4.69, 9.17) is 8.85 Å². The molecule has 23 heavy (non-hydrogen) atoms.